The van der Waals surface area contributed by atoms with E-state index >= 15 is 0 Å². The number of aliphatic hydroxyl groups excluding tert-OH is 1. The van der Waals surface area contributed by atoms with Crippen LogP contribution in [0.15, 0.2) is 65.8 Å². The van der Waals surface area contributed by atoms with Gasteiger partial charge in [-0.25, -0.2) is 4.59 Å². The van der Waals surface area contributed by atoms with Gasteiger partial charge in [-0.15, -0.1) is 5.10 Å². The van der Waals surface area contributed by atoms with E-state index in [-0.39, 0.29) is 36.6 Å². The van der Waals surface area contributed by atoms with E-state index < -0.39 is 0 Å². The monoisotopic (exact) mass is 437 g/mol. The SMILES string of the molecule is C[N+]1(NN=C(c2ccccc2)c2ccccc2)CCC[C@H]1CO.[I-]. The third-order valence-electron chi connectivity index (χ3n) is 4.66. The largest absolute Gasteiger partial charge is 1.00 e. The van der Waals surface area contributed by atoms with Gasteiger partial charge in [0.1, 0.15) is 18.3 Å². The molecule has 1 aliphatic rings. The van der Waals surface area contributed by atoms with Crippen molar-refractivity contribution in [2.24, 2.45) is 5.10 Å². The zero-order valence-corrected chi connectivity index (χ0v) is 16.1. The lowest BCUT2D eigenvalue weighted by Gasteiger charge is -2.32. The van der Waals surface area contributed by atoms with Crippen molar-refractivity contribution in [3.05, 3.63) is 71.8 Å². The maximum absolute atomic E-state index is 9.60. The minimum Gasteiger partial charge on any atom is -1.00 e. The number of hydrazone groups is 1. The summed E-state index contributed by atoms with van der Waals surface area (Å²) in [6.45, 7) is 1.16. The van der Waals surface area contributed by atoms with Crippen LogP contribution in [0, 0.1) is 0 Å². The van der Waals surface area contributed by atoms with Gasteiger partial charge >= 0.3 is 0 Å². The maximum atomic E-state index is 9.60. The minimum absolute atomic E-state index is 0. The van der Waals surface area contributed by atoms with Crippen LogP contribution in [0.2, 0.25) is 0 Å². The Morgan fingerprint density at radius 1 is 1.08 bits per heavy atom. The van der Waals surface area contributed by atoms with Crippen LogP contribution in [0.4, 0.5) is 0 Å². The van der Waals surface area contributed by atoms with Crippen LogP contribution in [0.1, 0.15) is 24.0 Å². The summed E-state index contributed by atoms with van der Waals surface area (Å²) in [5.74, 6) is 0. The summed E-state index contributed by atoms with van der Waals surface area (Å²) in [6, 6.07) is 20.6. The standard InChI is InChI=1S/C19H24N3O.HI/c1-22(14-8-13-18(22)15-23)21-20-19(16-9-4-2-5-10-16)17-11-6-3-7-12-17;/h2-7,9-12,18,21,23H,8,13-15H2,1H3;1H/q+1;/p-1/t18-,22?;/m0./s1. The predicted octanol–water partition coefficient (Wildman–Crippen LogP) is -0.451. The van der Waals surface area contributed by atoms with Crippen LogP contribution in [0.3, 0.4) is 0 Å². The van der Waals surface area contributed by atoms with E-state index in [0.29, 0.717) is 4.59 Å². The zero-order chi connectivity index (χ0) is 16.1. The van der Waals surface area contributed by atoms with Crippen LogP contribution in [-0.2, 0) is 0 Å². The number of rotatable bonds is 5. The molecule has 1 aliphatic heterocycles. The first-order valence-electron chi connectivity index (χ1n) is 8.15. The van der Waals surface area contributed by atoms with Crippen molar-refractivity contribution >= 4 is 5.71 Å². The summed E-state index contributed by atoms with van der Waals surface area (Å²) < 4.78 is 0.583. The lowest BCUT2D eigenvalue weighted by atomic mass is 10.0. The first-order chi connectivity index (χ1) is 11.2. The molecular formula is C19H24IN3O. The molecule has 0 aromatic heterocycles. The molecule has 1 saturated heterocycles. The molecular weight excluding hydrogens is 413 g/mol. The van der Waals surface area contributed by atoms with E-state index in [1.165, 1.54) is 0 Å². The molecule has 3 rings (SSSR count). The molecule has 0 amide bonds. The molecule has 1 heterocycles. The van der Waals surface area contributed by atoms with Gasteiger partial charge < -0.3 is 29.1 Å². The van der Waals surface area contributed by atoms with Crippen LogP contribution in [0.25, 0.3) is 0 Å². The van der Waals surface area contributed by atoms with E-state index in [1.807, 2.05) is 36.4 Å². The lowest BCUT2D eigenvalue weighted by Crippen LogP contribution is -3.00. The van der Waals surface area contributed by atoms with E-state index in [4.69, 9.17) is 5.10 Å². The molecule has 0 radical (unpaired) electrons. The van der Waals surface area contributed by atoms with Gasteiger partial charge in [-0.2, -0.15) is 5.53 Å². The first kappa shape index (κ1) is 18.9. The molecule has 5 heteroatoms. The number of benzene rings is 2. The molecule has 24 heavy (non-hydrogen) atoms. The number of hydrogen-bond acceptors (Lipinski definition) is 3. The van der Waals surface area contributed by atoms with Crippen LogP contribution in [0.5, 0.6) is 0 Å². The van der Waals surface area contributed by atoms with Crippen LogP contribution >= 0.6 is 0 Å². The summed E-state index contributed by atoms with van der Waals surface area (Å²) in [4.78, 5) is 0. The fourth-order valence-corrected chi connectivity index (χ4v) is 3.18. The van der Waals surface area contributed by atoms with E-state index in [9.17, 15) is 5.11 Å². The van der Waals surface area contributed by atoms with E-state index in [1.54, 1.807) is 0 Å². The number of likely N-dealkylation sites (N-methyl/N-ethyl adjacent to an activating group) is 1. The molecule has 2 atom stereocenters. The van der Waals surface area contributed by atoms with Gasteiger partial charge in [0.2, 0.25) is 0 Å². The Morgan fingerprint density at radius 2 is 1.62 bits per heavy atom. The second kappa shape index (κ2) is 8.60. The van der Waals surface area contributed by atoms with Crippen molar-refractivity contribution in [1.82, 2.24) is 5.53 Å². The van der Waals surface area contributed by atoms with Gasteiger partial charge in [0.25, 0.3) is 0 Å². The van der Waals surface area contributed by atoms with Gasteiger partial charge in [-0.05, 0) is 0 Å². The second-order valence-electron chi connectivity index (χ2n) is 6.26. The van der Waals surface area contributed by atoms with Crippen LogP contribution in [-0.4, -0.2) is 41.7 Å². The fraction of sp³-hybridized carbons (Fsp3) is 0.316. The highest BCUT2D eigenvalue weighted by molar-refractivity contribution is 6.12. The average Bonchev–Trinajstić information content (AvgIpc) is 2.98. The van der Waals surface area contributed by atoms with Gasteiger partial charge in [0.05, 0.1) is 13.7 Å². The molecule has 2 aromatic carbocycles. The number of aliphatic hydroxyl groups is 1. The minimum atomic E-state index is 0. The normalized spacial score (nSPS) is 22.5. The van der Waals surface area contributed by atoms with Crippen molar-refractivity contribution < 1.29 is 33.7 Å². The highest BCUT2D eigenvalue weighted by atomic mass is 127. The Kier molecular flexibility index (Phi) is 6.77. The van der Waals surface area contributed by atoms with Crippen molar-refractivity contribution in [1.29, 1.82) is 0 Å². The van der Waals surface area contributed by atoms with Crippen molar-refractivity contribution in [2.45, 2.75) is 18.9 Å². The molecule has 4 nitrogen and oxygen atoms in total. The van der Waals surface area contributed by atoms with Crippen molar-refractivity contribution in [3.8, 4) is 0 Å². The summed E-state index contributed by atoms with van der Waals surface area (Å²) in [5.41, 5.74) is 6.41. The highest BCUT2D eigenvalue weighted by Gasteiger charge is 2.38. The molecule has 0 spiro atoms. The highest BCUT2D eigenvalue weighted by Crippen LogP contribution is 2.22. The smallest absolute Gasteiger partial charge is 0.136 e. The summed E-state index contributed by atoms with van der Waals surface area (Å²) in [7, 11) is 2.10. The summed E-state index contributed by atoms with van der Waals surface area (Å²) in [5, 5.41) is 14.3. The van der Waals surface area contributed by atoms with Gasteiger partial charge in [-0.1, -0.05) is 60.7 Å². The number of hydrogen-bond donors (Lipinski definition) is 2. The van der Waals surface area contributed by atoms with Crippen molar-refractivity contribution in [3.63, 3.8) is 0 Å². The van der Waals surface area contributed by atoms with Gasteiger partial charge in [0.15, 0.2) is 0 Å². The number of quaternary nitrogens is 1. The topological polar surface area (TPSA) is 44.6 Å². The molecule has 0 aliphatic carbocycles. The third-order valence-corrected chi connectivity index (χ3v) is 4.66. The third kappa shape index (κ3) is 4.15. The lowest BCUT2D eigenvalue weighted by molar-refractivity contribution is -0.964. The summed E-state index contributed by atoms with van der Waals surface area (Å²) >= 11 is 0. The summed E-state index contributed by atoms with van der Waals surface area (Å²) in [6.07, 6.45) is 2.14. The Hall–Kier alpha value is -1.44. The second-order valence-corrected chi connectivity index (χ2v) is 6.26. The number of halogens is 1. The number of likely N-dealkylation sites (tertiary alicyclic amines) is 1. The molecule has 0 bridgehead atoms. The fourth-order valence-electron chi connectivity index (χ4n) is 3.18. The number of nitrogens with zero attached hydrogens (tertiary/aromatic N) is 2. The predicted molar refractivity (Wildman–Crippen MR) is 92.8 cm³/mol. The first-order valence-corrected chi connectivity index (χ1v) is 8.15. The Balaban J connectivity index is 0.00000208. The Bertz CT molecular complexity index is 621. The molecule has 2 aromatic rings. The van der Waals surface area contributed by atoms with Crippen molar-refractivity contribution in [2.75, 3.05) is 20.2 Å². The van der Waals surface area contributed by atoms with Gasteiger partial charge in [0, 0.05) is 24.0 Å². The molecule has 2 N–H and O–H groups in total. The van der Waals surface area contributed by atoms with E-state index in [0.717, 1.165) is 36.2 Å². The number of nitrogens with one attached hydrogen (secondary N) is 1. The molecule has 128 valence electrons. The quantitative estimate of drug-likeness (QED) is 0.288. The maximum Gasteiger partial charge on any atom is 0.136 e. The molecule has 0 saturated carbocycles. The van der Waals surface area contributed by atoms with E-state index in [2.05, 4.69) is 36.8 Å². The van der Waals surface area contributed by atoms with Crippen LogP contribution < -0.4 is 29.5 Å². The van der Waals surface area contributed by atoms with Gasteiger partial charge in [-0.3, -0.25) is 0 Å². The molecule has 1 unspecified atom stereocenters. The zero-order valence-electron chi connectivity index (χ0n) is 13.9. The Morgan fingerprint density at radius 3 is 2.12 bits per heavy atom. The average molecular weight is 437 g/mol. The molecule has 1 fully saturated rings. The Labute approximate surface area is 160 Å².